The number of hydrogen-bond acceptors (Lipinski definition) is 3. The molecule has 0 saturated heterocycles. The van der Waals surface area contributed by atoms with Crippen molar-refractivity contribution in [3.63, 3.8) is 0 Å². The summed E-state index contributed by atoms with van der Waals surface area (Å²) in [6.45, 7) is 4.75. The van der Waals surface area contributed by atoms with Gasteiger partial charge in [-0.1, -0.05) is 11.6 Å². The molecule has 2 rings (SSSR count). The van der Waals surface area contributed by atoms with Crippen LogP contribution in [0.1, 0.15) is 16.8 Å². The molecule has 17 heavy (non-hydrogen) atoms. The molecule has 0 aliphatic heterocycles. The minimum absolute atomic E-state index is 0.506. The van der Waals surface area contributed by atoms with E-state index in [9.17, 15) is 0 Å². The van der Waals surface area contributed by atoms with Gasteiger partial charge in [-0.05, 0) is 25.5 Å². The summed E-state index contributed by atoms with van der Waals surface area (Å²) in [6, 6.07) is 1.93. The van der Waals surface area contributed by atoms with E-state index in [1.165, 1.54) is 0 Å². The molecule has 2 heterocycles. The van der Waals surface area contributed by atoms with Crippen molar-refractivity contribution in [3.05, 3.63) is 40.4 Å². The average Bonchev–Trinajstić information content (AvgIpc) is 2.60. The van der Waals surface area contributed by atoms with Crippen LogP contribution in [0.4, 0.5) is 5.69 Å². The van der Waals surface area contributed by atoms with Gasteiger partial charge in [0.2, 0.25) is 0 Å². The number of nitrogens with one attached hydrogen (secondary N) is 1. The van der Waals surface area contributed by atoms with Crippen molar-refractivity contribution < 1.29 is 0 Å². The van der Waals surface area contributed by atoms with E-state index in [4.69, 9.17) is 11.6 Å². The van der Waals surface area contributed by atoms with E-state index < -0.39 is 0 Å². The van der Waals surface area contributed by atoms with Crippen LogP contribution in [0.15, 0.2) is 18.5 Å². The highest BCUT2D eigenvalue weighted by Crippen LogP contribution is 2.23. The summed E-state index contributed by atoms with van der Waals surface area (Å²) in [5.74, 6) is 0. The first-order chi connectivity index (χ1) is 8.09. The van der Waals surface area contributed by atoms with Crippen molar-refractivity contribution >= 4 is 17.3 Å². The summed E-state index contributed by atoms with van der Waals surface area (Å²) in [5, 5.41) is 8.01. The predicted octanol–water partition coefficient (Wildman–Crippen LogP) is 2.70. The molecule has 0 radical (unpaired) electrons. The lowest BCUT2D eigenvalue weighted by Crippen LogP contribution is -2.03. The number of aromatic nitrogens is 3. The summed E-state index contributed by atoms with van der Waals surface area (Å²) in [7, 11) is 1.93. The van der Waals surface area contributed by atoms with E-state index in [1.807, 2.05) is 37.8 Å². The Labute approximate surface area is 106 Å². The fourth-order valence-electron chi connectivity index (χ4n) is 1.64. The predicted molar refractivity (Wildman–Crippen MR) is 69.3 cm³/mol. The van der Waals surface area contributed by atoms with Gasteiger partial charge in [0.25, 0.3) is 0 Å². The second kappa shape index (κ2) is 4.75. The summed E-state index contributed by atoms with van der Waals surface area (Å²) in [4.78, 5) is 4.06. The molecule has 5 heteroatoms. The zero-order chi connectivity index (χ0) is 12.4. The van der Waals surface area contributed by atoms with Gasteiger partial charge in [-0.25, -0.2) is 4.98 Å². The van der Waals surface area contributed by atoms with E-state index in [1.54, 1.807) is 6.20 Å². The quantitative estimate of drug-likeness (QED) is 0.852. The summed E-state index contributed by atoms with van der Waals surface area (Å²) >= 11 is 6.05. The molecular formula is C12H15ClN4. The van der Waals surface area contributed by atoms with E-state index >= 15 is 0 Å². The molecule has 0 fully saturated rings. The molecule has 90 valence electrons. The third-order valence-electron chi connectivity index (χ3n) is 2.91. The first-order valence-corrected chi connectivity index (χ1v) is 5.80. The van der Waals surface area contributed by atoms with Gasteiger partial charge in [-0.15, -0.1) is 0 Å². The Balaban J connectivity index is 2.15. The molecule has 0 aromatic carbocycles. The molecule has 2 aromatic heterocycles. The highest BCUT2D eigenvalue weighted by Gasteiger charge is 2.07. The Morgan fingerprint density at radius 1 is 1.41 bits per heavy atom. The van der Waals surface area contributed by atoms with Crippen LogP contribution in [0.2, 0.25) is 5.15 Å². The van der Waals surface area contributed by atoms with Gasteiger partial charge in [0.1, 0.15) is 0 Å². The summed E-state index contributed by atoms with van der Waals surface area (Å²) < 4.78 is 1.86. The van der Waals surface area contributed by atoms with Crippen LogP contribution in [0.25, 0.3) is 0 Å². The van der Waals surface area contributed by atoms with Gasteiger partial charge in [0.05, 0.1) is 11.9 Å². The second-order valence-corrected chi connectivity index (χ2v) is 4.38. The Morgan fingerprint density at radius 2 is 2.18 bits per heavy atom. The Morgan fingerprint density at radius 3 is 2.76 bits per heavy atom. The van der Waals surface area contributed by atoms with Crippen molar-refractivity contribution in [1.82, 2.24) is 14.8 Å². The lowest BCUT2D eigenvalue weighted by Gasteiger charge is -2.10. The average molecular weight is 251 g/mol. The van der Waals surface area contributed by atoms with Crippen molar-refractivity contribution in [2.24, 2.45) is 7.05 Å². The van der Waals surface area contributed by atoms with Crippen LogP contribution < -0.4 is 5.32 Å². The summed E-state index contributed by atoms with van der Waals surface area (Å²) in [5.41, 5.74) is 4.28. The van der Waals surface area contributed by atoms with Crippen LogP contribution in [0, 0.1) is 13.8 Å². The molecule has 4 nitrogen and oxygen atoms in total. The molecular weight excluding hydrogens is 236 g/mol. The Kier molecular flexibility index (Phi) is 3.33. The molecule has 0 aliphatic rings. The minimum Gasteiger partial charge on any atom is -0.378 e. The maximum Gasteiger partial charge on any atom is 0.152 e. The number of aryl methyl sites for hydroxylation is 2. The maximum atomic E-state index is 6.05. The third kappa shape index (κ3) is 2.42. The van der Waals surface area contributed by atoms with Gasteiger partial charge in [0, 0.05) is 31.0 Å². The van der Waals surface area contributed by atoms with Gasteiger partial charge in [-0.3, -0.25) is 4.68 Å². The van der Waals surface area contributed by atoms with E-state index in [0.29, 0.717) is 11.7 Å². The van der Waals surface area contributed by atoms with Crippen LogP contribution in [0.3, 0.4) is 0 Å². The normalized spacial score (nSPS) is 10.6. The number of halogens is 1. The smallest absolute Gasteiger partial charge is 0.152 e. The molecule has 0 atom stereocenters. The number of pyridine rings is 1. The fraction of sp³-hybridized carbons (Fsp3) is 0.333. The topological polar surface area (TPSA) is 42.7 Å². The monoisotopic (exact) mass is 250 g/mol. The Hall–Kier alpha value is -1.55. The maximum absolute atomic E-state index is 6.05. The zero-order valence-electron chi connectivity index (χ0n) is 10.2. The Bertz CT molecular complexity index is 513. The molecule has 0 saturated carbocycles. The second-order valence-electron chi connectivity index (χ2n) is 4.03. The first-order valence-electron chi connectivity index (χ1n) is 5.42. The lowest BCUT2D eigenvalue weighted by molar-refractivity contribution is 0.738. The van der Waals surface area contributed by atoms with E-state index in [-0.39, 0.29) is 0 Å². The van der Waals surface area contributed by atoms with Crippen molar-refractivity contribution in [3.8, 4) is 0 Å². The lowest BCUT2D eigenvalue weighted by atomic mass is 10.2. The van der Waals surface area contributed by atoms with Gasteiger partial charge in [-0.2, -0.15) is 5.10 Å². The van der Waals surface area contributed by atoms with Gasteiger partial charge >= 0.3 is 0 Å². The van der Waals surface area contributed by atoms with Crippen molar-refractivity contribution in [1.29, 1.82) is 0 Å². The molecule has 0 spiro atoms. The standard InChI is InChI=1S/C12H15ClN4/c1-8-4-5-14-12(13)11(8)15-6-10-7-16-17(3)9(10)2/h4-5,7,15H,6H2,1-3H3. The first kappa shape index (κ1) is 11.9. The summed E-state index contributed by atoms with van der Waals surface area (Å²) in [6.07, 6.45) is 3.57. The molecule has 0 bridgehead atoms. The largest absolute Gasteiger partial charge is 0.378 e. The molecule has 0 unspecified atom stereocenters. The van der Waals surface area contributed by atoms with E-state index in [2.05, 4.69) is 15.4 Å². The highest BCUT2D eigenvalue weighted by molar-refractivity contribution is 6.32. The molecule has 0 aliphatic carbocycles. The minimum atomic E-state index is 0.506. The fourth-order valence-corrected chi connectivity index (χ4v) is 1.91. The SMILES string of the molecule is Cc1ccnc(Cl)c1NCc1cnn(C)c1C. The van der Waals surface area contributed by atoms with E-state index in [0.717, 1.165) is 22.5 Å². The van der Waals surface area contributed by atoms with Gasteiger partial charge in [0.15, 0.2) is 5.15 Å². The molecule has 0 amide bonds. The van der Waals surface area contributed by atoms with Crippen molar-refractivity contribution in [2.75, 3.05) is 5.32 Å². The van der Waals surface area contributed by atoms with Crippen LogP contribution >= 0.6 is 11.6 Å². The van der Waals surface area contributed by atoms with Crippen LogP contribution in [0.5, 0.6) is 0 Å². The molecule has 1 N–H and O–H groups in total. The van der Waals surface area contributed by atoms with Crippen LogP contribution in [-0.2, 0) is 13.6 Å². The third-order valence-corrected chi connectivity index (χ3v) is 3.19. The molecule has 2 aromatic rings. The zero-order valence-corrected chi connectivity index (χ0v) is 10.9. The van der Waals surface area contributed by atoms with Gasteiger partial charge < -0.3 is 5.32 Å². The number of nitrogens with zero attached hydrogens (tertiary/aromatic N) is 3. The number of rotatable bonds is 3. The van der Waals surface area contributed by atoms with Crippen molar-refractivity contribution in [2.45, 2.75) is 20.4 Å². The van der Waals surface area contributed by atoms with Crippen LogP contribution in [-0.4, -0.2) is 14.8 Å². The number of hydrogen-bond donors (Lipinski definition) is 1. The highest BCUT2D eigenvalue weighted by atomic mass is 35.5. The number of anilines is 1.